The van der Waals surface area contributed by atoms with E-state index in [1.807, 2.05) is 43.4 Å². The summed E-state index contributed by atoms with van der Waals surface area (Å²) in [5.41, 5.74) is 1.68. The predicted octanol–water partition coefficient (Wildman–Crippen LogP) is 2.71. The molecule has 0 aromatic heterocycles. The molecule has 0 radical (unpaired) electrons. The van der Waals surface area contributed by atoms with Gasteiger partial charge in [-0.25, -0.2) is 0 Å². The minimum atomic E-state index is -0.229. The van der Waals surface area contributed by atoms with E-state index in [9.17, 15) is 9.59 Å². The Morgan fingerprint density at radius 1 is 1.00 bits per heavy atom. The SMILES string of the molecule is CN(C(=O)CNC(=O)c1ccccc1)[C@H](CN1CCCC1)c1ccccc1. The van der Waals surface area contributed by atoms with Gasteiger partial charge in [0.25, 0.3) is 5.91 Å². The van der Waals surface area contributed by atoms with E-state index < -0.39 is 0 Å². The second kappa shape index (κ2) is 9.33. The van der Waals surface area contributed by atoms with Crippen LogP contribution in [0.5, 0.6) is 0 Å². The van der Waals surface area contributed by atoms with Crippen LogP contribution >= 0.6 is 0 Å². The smallest absolute Gasteiger partial charge is 0.251 e. The van der Waals surface area contributed by atoms with Crippen molar-refractivity contribution in [1.82, 2.24) is 15.1 Å². The van der Waals surface area contributed by atoms with Crippen molar-refractivity contribution in [3.05, 3.63) is 71.8 Å². The van der Waals surface area contributed by atoms with Crippen LogP contribution in [0.15, 0.2) is 60.7 Å². The molecule has 1 N–H and O–H groups in total. The fraction of sp³-hybridized carbons (Fsp3) is 0.364. The van der Waals surface area contributed by atoms with Gasteiger partial charge in [-0.1, -0.05) is 48.5 Å². The number of amides is 2. The summed E-state index contributed by atoms with van der Waals surface area (Å²) >= 11 is 0. The third kappa shape index (κ3) is 5.17. The summed E-state index contributed by atoms with van der Waals surface area (Å²) in [6, 6.07) is 19.0. The number of rotatable bonds is 7. The minimum Gasteiger partial charge on any atom is -0.343 e. The molecular formula is C22H27N3O2. The molecule has 3 rings (SSSR count). The molecule has 0 bridgehead atoms. The van der Waals surface area contributed by atoms with E-state index in [0.717, 1.165) is 25.2 Å². The van der Waals surface area contributed by atoms with Crippen molar-refractivity contribution >= 4 is 11.8 Å². The maximum atomic E-state index is 12.8. The maximum absolute atomic E-state index is 12.8. The zero-order valence-corrected chi connectivity index (χ0v) is 15.8. The molecule has 27 heavy (non-hydrogen) atoms. The fourth-order valence-corrected chi connectivity index (χ4v) is 3.48. The highest BCUT2D eigenvalue weighted by atomic mass is 16.2. The molecule has 0 aliphatic carbocycles. The Bertz CT molecular complexity index is 743. The number of carbonyl (C=O) groups excluding carboxylic acids is 2. The predicted molar refractivity (Wildman–Crippen MR) is 106 cm³/mol. The van der Waals surface area contributed by atoms with Gasteiger partial charge in [0.2, 0.25) is 5.91 Å². The average molecular weight is 365 g/mol. The van der Waals surface area contributed by atoms with Gasteiger partial charge in [0.15, 0.2) is 0 Å². The number of nitrogens with one attached hydrogen (secondary N) is 1. The van der Waals surface area contributed by atoms with Crippen LogP contribution in [0, 0.1) is 0 Å². The van der Waals surface area contributed by atoms with Crippen molar-refractivity contribution in [2.45, 2.75) is 18.9 Å². The van der Waals surface area contributed by atoms with Crippen LogP contribution in [0.1, 0.15) is 34.8 Å². The van der Waals surface area contributed by atoms with E-state index in [0.29, 0.717) is 5.56 Å². The van der Waals surface area contributed by atoms with Crippen LogP contribution < -0.4 is 5.32 Å². The molecule has 2 amide bonds. The standard InChI is InChI=1S/C22H27N3O2/c1-24(21(26)16-23-22(27)19-12-6-3-7-13-19)20(17-25-14-8-9-15-25)18-10-4-2-5-11-18/h2-7,10-13,20H,8-9,14-17H2,1H3,(H,23,27)/t20-/m1/s1. The number of benzene rings is 2. The molecule has 5 heteroatoms. The summed E-state index contributed by atoms with van der Waals surface area (Å²) in [5.74, 6) is -0.319. The van der Waals surface area contributed by atoms with Crippen molar-refractivity contribution in [2.24, 2.45) is 0 Å². The first kappa shape index (κ1) is 19.1. The molecule has 2 aromatic carbocycles. The summed E-state index contributed by atoms with van der Waals surface area (Å²) < 4.78 is 0. The first-order valence-electron chi connectivity index (χ1n) is 9.51. The molecule has 1 aliphatic heterocycles. The van der Waals surface area contributed by atoms with Crippen molar-refractivity contribution in [3.8, 4) is 0 Å². The number of hydrogen-bond acceptors (Lipinski definition) is 3. The lowest BCUT2D eigenvalue weighted by atomic mass is 10.0. The third-order valence-corrected chi connectivity index (χ3v) is 5.11. The number of hydrogen-bond donors (Lipinski definition) is 1. The van der Waals surface area contributed by atoms with Crippen LogP contribution in [-0.4, -0.2) is 54.8 Å². The van der Waals surface area contributed by atoms with Gasteiger partial charge in [0.05, 0.1) is 12.6 Å². The number of likely N-dealkylation sites (tertiary alicyclic amines) is 1. The minimum absolute atomic E-state index is 0.00639. The monoisotopic (exact) mass is 365 g/mol. The van der Waals surface area contributed by atoms with Gasteiger partial charge in [-0.2, -0.15) is 0 Å². The van der Waals surface area contributed by atoms with E-state index in [-0.39, 0.29) is 24.4 Å². The summed E-state index contributed by atoms with van der Waals surface area (Å²) in [7, 11) is 1.82. The number of likely N-dealkylation sites (N-methyl/N-ethyl adjacent to an activating group) is 1. The molecule has 1 aliphatic rings. The van der Waals surface area contributed by atoms with E-state index in [2.05, 4.69) is 22.3 Å². The first-order valence-corrected chi connectivity index (χ1v) is 9.51. The van der Waals surface area contributed by atoms with Gasteiger partial charge in [-0.05, 0) is 43.6 Å². The highest BCUT2D eigenvalue weighted by Gasteiger charge is 2.25. The molecule has 1 heterocycles. The zero-order valence-electron chi connectivity index (χ0n) is 15.8. The van der Waals surface area contributed by atoms with Gasteiger partial charge in [-0.15, -0.1) is 0 Å². The Labute approximate surface area is 161 Å². The van der Waals surface area contributed by atoms with Crippen LogP contribution in [0.3, 0.4) is 0 Å². The first-order chi connectivity index (χ1) is 13.1. The van der Waals surface area contributed by atoms with E-state index in [1.165, 1.54) is 12.8 Å². The second-order valence-corrected chi connectivity index (χ2v) is 6.99. The van der Waals surface area contributed by atoms with Crippen LogP contribution in [-0.2, 0) is 4.79 Å². The molecule has 2 aromatic rings. The lowest BCUT2D eigenvalue weighted by Gasteiger charge is -2.32. The van der Waals surface area contributed by atoms with E-state index >= 15 is 0 Å². The Balaban J connectivity index is 1.64. The largest absolute Gasteiger partial charge is 0.343 e. The van der Waals surface area contributed by atoms with Gasteiger partial charge in [0, 0.05) is 19.2 Å². The maximum Gasteiger partial charge on any atom is 0.251 e. The van der Waals surface area contributed by atoms with Gasteiger partial charge >= 0.3 is 0 Å². The van der Waals surface area contributed by atoms with E-state index in [4.69, 9.17) is 0 Å². The van der Waals surface area contributed by atoms with Crippen LogP contribution in [0.25, 0.3) is 0 Å². The Morgan fingerprint density at radius 3 is 2.22 bits per heavy atom. The molecule has 0 unspecified atom stereocenters. The summed E-state index contributed by atoms with van der Waals surface area (Å²) in [4.78, 5) is 29.1. The lowest BCUT2D eigenvalue weighted by molar-refractivity contribution is -0.131. The molecule has 142 valence electrons. The Morgan fingerprint density at radius 2 is 1.59 bits per heavy atom. The van der Waals surface area contributed by atoms with Crippen molar-refractivity contribution in [3.63, 3.8) is 0 Å². The normalized spacial score (nSPS) is 15.3. The Kier molecular flexibility index (Phi) is 6.60. The summed E-state index contributed by atoms with van der Waals surface area (Å²) in [6.07, 6.45) is 2.43. The van der Waals surface area contributed by atoms with E-state index in [1.54, 1.807) is 17.0 Å². The zero-order chi connectivity index (χ0) is 19.1. The third-order valence-electron chi connectivity index (χ3n) is 5.11. The van der Waals surface area contributed by atoms with Gasteiger partial charge < -0.3 is 15.1 Å². The lowest BCUT2D eigenvalue weighted by Crippen LogP contribution is -2.43. The fourth-order valence-electron chi connectivity index (χ4n) is 3.48. The molecule has 1 saturated heterocycles. The van der Waals surface area contributed by atoms with Gasteiger partial charge in [-0.3, -0.25) is 9.59 Å². The quantitative estimate of drug-likeness (QED) is 0.821. The highest BCUT2D eigenvalue weighted by molar-refractivity contribution is 5.96. The summed E-state index contributed by atoms with van der Waals surface area (Å²) in [5, 5.41) is 2.74. The number of nitrogens with zero attached hydrogens (tertiary/aromatic N) is 2. The van der Waals surface area contributed by atoms with Crippen LogP contribution in [0.4, 0.5) is 0 Å². The molecule has 5 nitrogen and oxygen atoms in total. The second-order valence-electron chi connectivity index (χ2n) is 6.99. The molecule has 0 saturated carbocycles. The molecule has 1 atom stereocenters. The highest BCUT2D eigenvalue weighted by Crippen LogP contribution is 2.22. The van der Waals surface area contributed by atoms with Crippen molar-refractivity contribution < 1.29 is 9.59 Å². The topological polar surface area (TPSA) is 52.7 Å². The van der Waals surface area contributed by atoms with Crippen LogP contribution in [0.2, 0.25) is 0 Å². The van der Waals surface area contributed by atoms with Crippen molar-refractivity contribution in [1.29, 1.82) is 0 Å². The van der Waals surface area contributed by atoms with Gasteiger partial charge in [0.1, 0.15) is 0 Å². The molecule has 0 spiro atoms. The summed E-state index contributed by atoms with van der Waals surface area (Å²) in [6.45, 7) is 2.97. The molecule has 1 fully saturated rings. The van der Waals surface area contributed by atoms with Crippen molar-refractivity contribution in [2.75, 3.05) is 33.2 Å². The molecular weight excluding hydrogens is 338 g/mol. The average Bonchev–Trinajstić information content (AvgIpc) is 3.24. The number of carbonyl (C=O) groups is 2. The Hall–Kier alpha value is -2.66.